The fourth-order valence-electron chi connectivity index (χ4n) is 3.44. The number of para-hydroxylation sites is 1. The van der Waals surface area contributed by atoms with Crippen molar-refractivity contribution < 1.29 is 9.21 Å². The number of carbonyl (C=O) groups is 1. The minimum atomic E-state index is -0.0771. The SMILES string of the molecule is Cc1cc(C)n(Cc2ccc(C(=O)N3CCCc4ccccc43)o2)n1. The molecule has 5 heteroatoms. The van der Waals surface area contributed by atoms with Crippen molar-refractivity contribution in [2.45, 2.75) is 33.2 Å². The molecule has 1 amide bonds. The molecular weight excluding hydrogens is 314 g/mol. The summed E-state index contributed by atoms with van der Waals surface area (Å²) < 4.78 is 7.72. The molecule has 0 fully saturated rings. The van der Waals surface area contributed by atoms with Gasteiger partial charge in [-0.2, -0.15) is 5.10 Å². The number of anilines is 1. The van der Waals surface area contributed by atoms with E-state index in [1.807, 2.05) is 53.8 Å². The van der Waals surface area contributed by atoms with Crippen molar-refractivity contribution in [2.75, 3.05) is 11.4 Å². The first-order valence-corrected chi connectivity index (χ1v) is 8.61. The van der Waals surface area contributed by atoms with Crippen LogP contribution in [0, 0.1) is 13.8 Å². The van der Waals surface area contributed by atoms with E-state index in [2.05, 4.69) is 11.2 Å². The van der Waals surface area contributed by atoms with Gasteiger partial charge in [0.25, 0.3) is 5.91 Å². The van der Waals surface area contributed by atoms with Gasteiger partial charge in [0.1, 0.15) is 5.76 Å². The summed E-state index contributed by atoms with van der Waals surface area (Å²) in [5.74, 6) is 1.04. The summed E-state index contributed by atoms with van der Waals surface area (Å²) in [5.41, 5.74) is 4.27. The van der Waals surface area contributed by atoms with Crippen molar-refractivity contribution in [2.24, 2.45) is 0 Å². The van der Waals surface area contributed by atoms with Crippen molar-refractivity contribution in [3.8, 4) is 0 Å². The number of rotatable bonds is 3. The Bertz CT molecular complexity index is 923. The highest BCUT2D eigenvalue weighted by atomic mass is 16.4. The topological polar surface area (TPSA) is 51.3 Å². The highest BCUT2D eigenvalue weighted by Gasteiger charge is 2.25. The first-order valence-electron chi connectivity index (χ1n) is 8.61. The molecule has 1 aliphatic rings. The lowest BCUT2D eigenvalue weighted by molar-refractivity contribution is 0.0956. The number of aryl methyl sites for hydroxylation is 3. The zero-order valence-corrected chi connectivity index (χ0v) is 14.5. The van der Waals surface area contributed by atoms with Crippen LogP contribution in [0.15, 0.2) is 46.9 Å². The molecule has 0 aliphatic carbocycles. The smallest absolute Gasteiger partial charge is 0.293 e. The maximum absolute atomic E-state index is 12.9. The first kappa shape index (κ1) is 15.7. The molecule has 0 radical (unpaired) electrons. The van der Waals surface area contributed by atoms with Gasteiger partial charge in [0.05, 0.1) is 12.2 Å². The third-order valence-electron chi connectivity index (χ3n) is 4.64. The number of hydrogen-bond acceptors (Lipinski definition) is 3. The van der Waals surface area contributed by atoms with Crippen LogP contribution in [0.4, 0.5) is 5.69 Å². The molecule has 0 saturated carbocycles. The maximum Gasteiger partial charge on any atom is 0.293 e. The molecular formula is C20H21N3O2. The molecule has 0 bridgehead atoms. The van der Waals surface area contributed by atoms with Gasteiger partial charge in [-0.05, 0) is 56.5 Å². The Labute approximate surface area is 146 Å². The Morgan fingerprint density at radius 2 is 2.04 bits per heavy atom. The predicted octanol–water partition coefficient (Wildman–Crippen LogP) is 3.73. The van der Waals surface area contributed by atoms with Crippen molar-refractivity contribution in [1.29, 1.82) is 0 Å². The second kappa shape index (κ2) is 6.24. The predicted molar refractivity (Wildman–Crippen MR) is 96.0 cm³/mol. The first-order chi connectivity index (χ1) is 12.1. The Balaban J connectivity index is 1.56. The van der Waals surface area contributed by atoms with E-state index in [4.69, 9.17) is 4.42 Å². The van der Waals surface area contributed by atoms with Crippen LogP contribution in [-0.4, -0.2) is 22.2 Å². The molecule has 4 rings (SSSR count). The van der Waals surface area contributed by atoms with E-state index in [0.29, 0.717) is 12.3 Å². The Hall–Kier alpha value is -2.82. The van der Waals surface area contributed by atoms with Crippen molar-refractivity contribution >= 4 is 11.6 Å². The van der Waals surface area contributed by atoms with E-state index in [1.165, 1.54) is 5.56 Å². The van der Waals surface area contributed by atoms with Crippen molar-refractivity contribution in [3.05, 3.63) is 70.9 Å². The van der Waals surface area contributed by atoms with Crippen LogP contribution in [0.1, 0.15) is 39.7 Å². The molecule has 2 aromatic heterocycles. The van der Waals surface area contributed by atoms with Crippen LogP contribution in [0.2, 0.25) is 0 Å². The van der Waals surface area contributed by atoms with Gasteiger partial charge in [-0.1, -0.05) is 18.2 Å². The Morgan fingerprint density at radius 1 is 1.20 bits per heavy atom. The van der Waals surface area contributed by atoms with Crippen molar-refractivity contribution in [1.82, 2.24) is 9.78 Å². The molecule has 0 N–H and O–H groups in total. The number of aromatic nitrogens is 2. The molecule has 3 aromatic rings. The second-order valence-electron chi connectivity index (χ2n) is 6.54. The Morgan fingerprint density at radius 3 is 2.84 bits per heavy atom. The van der Waals surface area contributed by atoms with Crippen LogP contribution in [0.25, 0.3) is 0 Å². The normalized spacial score (nSPS) is 13.8. The van der Waals surface area contributed by atoms with Crippen LogP contribution in [0.5, 0.6) is 0 Å². The molecule has 0 saturated heterocycles. The highest BCUT2D eigenvalue weighted by molar-refractivity contribution is 6.04. The third kappa shape index (κ3) is 2.97. The van der Waals surface area contributed by atoms with Gasteiger partial charge in [-0.3, -0.25) is 9.48 Å². The summed E-state index contributed by atoms with van der Waals surface area (Å²) in [6.07, 6.45) is 1.99. The third-order valence-corrected chi connectivity index (χ3v) is 4.64. The van der Waals surface area contributed by atoms with E-state index in [0.717, 1.165) is 42.2 Å². The summed E-state index contributed by atoms with van der Waals surface area (Å²) in [7, 11) is 0. The van der Waals surface area contributed by atoms with E-state index in [1.54, 1.807) is 6.07 Å². The van der Waals surface area contributed by atoms with Gasteiger partial charge in [0.2, 0.25) is 0 Å². The number of carbonyl (C=O) groups excluding carboxylic acids is 1. The van der Waals surface area contributed by atoms with Crippen molar-refractivity contribution in [3.63, 3.8) is 0 Å². The van der Waals surface area contributed by atoms with E-state index in [-0.39, 0.29) is 5.91 Å². The zero-order chi connectivity index (χ0) is 17.4. The largest absolute Gasteiger partial charge is 0.454 e. The fourth-order valence-corrected chi connectivity index (χ4v) is 3.44. The molecule has 0 unspecified atom stereocenters. The van der Waals surface area contributed by atoms with Crippen LogP contribution < -0.4 is 4.90 Å². The summed E-state index contributed by atoms with van der Waals surface area (Å²) in [6.45, 7) is 5.24. The number of amides is 1. The summed E-state index contributed by atoms with van der Waals surface area (Å²) in [4.78, 5) is 14.7. The monoisotopic (exact) mass is 335 g/mol. The zero-order valence-electron chi connectivity index (χ0n) is 14.5. The van der Waals surface area contributed by atoms with Gasteiger partial charge in [-0.25, -0.2) is 0 Å². The average Bonchev–Trinajstić information content (AvgIpc) is 3.20. The minimum absolute atomic E-state index is 0.0771. The average molecular weight is 335 g/mol. The lowest BCUT2D eigenvalue weighted by Crippen LogP contribution is -2.35. The number of hydrogen-bond donors (Lipinski definition) is 0. The molecule has 128 valence electrons. The minimum Gasteiger partial charge on any atom is -0.454 e. The molecule has 0 atom stereocenters. The molecule has 5 nitrogen and oxygen atoms in total. The van der Waals surface area contributed by atoms with E-state index in [9.17, 15) is 4.79 Å². The van der Waals surface area contributed by atoms with Crippen LogP contribution >= 0.6 is 0 Å². The van der Waals surface area contributed by atoms with Crippen LogP contribution in [0.3, 0.4) is 0 Å². The maximum atomic E-state index is 12.9. The number of benzene rings is 1. The second-order valence-corrected chi connectivity index (χ2v) is 6.54. The number of nitrogens with zero attached hydrogens (tertiary/aromatic N) is 3. The molecule has 25 heavy (non-hydrogen) atoms. The van der Waals surface area contributed by atoms with Gasteiger partial charge in [0, 0.05) is 17.9 Å². The lowest BCUT2D eigenvalue weighted by atomic mass is 10.0. The summed E-state index contributed by atoms with van der Waals surface area (Å²) in [6, 6.07) is 13.7. The van der Waals surface area contributed by atoms with E-state index >= 15 is 0 Å². The molecule has 1 aromatic carbocycles. The lowest BCUT2D eigenvalue weighted by Gasteiger charge is -2.28. The van der Waals surface area contributed by atoms with E-state index < -0.39 is 0 Å². The standard InChI is InChI=1S/C20H21N3O2/c1-14-12-15(2)23(21-14)13-17-9-10-19(25-17)20(24)22-11-5-7-16-6-3-4-8-18(16)22/h3-4,6,8-10,12H,5,7,11,13H2,1-2H3. The fraction of sp³-hybridized carbons (Fsp3) is 0.300. The molecule has 3 heterocycles. The summed E-state index contributed by atoms with van der Waals surface area (Å²) in [5, 5.41) is 4.44. The summed E-state index contributed by atoms with van der Waals surface area (Å²) >= 11 is 0. The van der Waals surface area contributed by atoms with Gasteiger partial charge in [-0.15, -0.1) is 0 Å². The van der Waals surface area contributed by atoms with Gasteiger partial charge in [0.15, 0.2) is 5.76 Å². The van der Waals surface area contributed by atoms with Gasteiger partial charge >= 0.3 is 0 Å². The number of fused-ring (bicyclic) bond motifs is 1. The highest BCUT2D eigenvalue weighted by Crippen LogP contribution is 2.28. The molecule has 0 spiro atoms. The van der Waals surface area contributed by atoms with Crippen LogP contribution in [-0.2, 0) is 13.0 Å². The van der Waals surface area contributed by atoms with Gasteiger partial charge < -0.3 is 9.32 Å². The Kier molecular flexibility index (Phi) is 3.92. The number of furan rings is 1. The quantitative estimate of drug-likeness (QED) is 0.733. The molecule has 1 aliphatic heterocycles.